The van der Waals surface area contributed by atoms with Crippen LogP contribution in [0.3, 0.4) is 0 Å². The zero-order chi connectivity index (χ0) is 11.3. The van der Waals surface area contributed by atoms with Gasteiger partial charge in [0.2, 0.25) is 0 Å². The smallest absolute Gasteiger partial charge is 0.0303 e. The molecule has 1 fully saturated rings. The second-order valence-corrected chi connectivity index (χ2v) is 5.91. The molecule has 0 radical (unpaired) electrons. The summed E-state index contributed by atoms with van der Waals surface area (Å²) in [7, 11) is 0. The van der Waals surface area contributed by atoms with Crippen molar-refractivity contribution in [3.05, 3.63) is 0 Å². The Morgan fingerprint density at radius 3 is 2.87 bits per heavy atom. The molecule has 1 N–H and O–H groups in total. The predicted molar refractivity (Wildman–Crippen MR) is 70.7 cm³/mol. The molecular formula is C12H26N2S. The number of thioether (sulfide) groups is 1. The lowest BCUT2D eigenvalue weighted by Gasteiger charge is -2.47. The number of piperazine rings is 1. The first-order valence-electron chi connectivity index (χ1n) is 6.10. The first-order chi connectivity index (χ1) is 7.12. The highest BCUT2D eigenvalue weighted by Crippen LogP contribution is 2.23. The molecule has 0 aromatic carbocycles. The molecule has 0 spiro atoms. The second kappa shape index (κ2) is 6.12. The molecule has 0 aromatic rings. The van der Waals surface area contributed by atoms with Crippen molar-refractivity contribution in [2.75, 3.05) is 31.6 Å². The molecule has 0 amide bonds. The van der Waals surface area contributed by atoms with Crippen LogP contribution in [0.2, 0.25) is 0 Å². The summed E-state index contributed by atoms with van der Waals surface area (Å²) in [6.07, 6.45) is 4.76. The van der Waals surface area contributed by atoms with Crippen LogP contribution in [0.1, 0.15) is 33.6 Å². The zero-order valence-corrected chi connectivity index (χ0v) is 11.5. The minimum atomic E-state index is 0.380. The molecule has 1 aliphatic rings. The van der Waals surface area contributed by atoms with Crippen LogP contribution in [0, 0.1) is 0 Å². The highest BCUT2D eigenvalue weighted by atomic mass is 32.2. The molecule has 0 saturated carbocycles. The molecule has 0 bridgehead atoms. The molecule has 2 nitrogen and oxygen atoms in total. The van der Waals surface area contributed by atoms with Crippen molar-refractivity contribution in [2.24, 2.45) is 0 Å². The maximum Gasteiger partial charge on any atom is 0.0303 e. The fourth-order valence-corrected chi connectivity index (χ4v) is 2.65. The largest absolute Gasteiger partial charge is 0.311 e. The van der Waals surface area contributed by atoms with E-state index in [0.29, 0.717) is 11.6 Å². The summed E-state index contributed by atoms with van der Waals surface area (Å²) in [5.74, 6) is 1.29. The lowest BCUT2D eigenvalue weighted by atomic mass is 9.92. The molecule has 1 saturated heterocycles. The molecule has 15 heavy (non-hydrogen) atoms. The predicted octanol–water partition coefficient (Wildman–Crippen LogP) is 2.20. The zero-order valence-electron chi connectivity index (χ0n) is 10.7. The van der Waals surface area contributed by atoms with Crippen molar-refractivity contribution in [3.8, 4) is 0 Å². The minimum absolute atomic E-state index is 0.380. The summed E-state index contributed by atoms with van der Waals surface area (Å²) in [5.41, 5.74) is 0.380. The summed E-state index contributed by atoms with van der Waals surface area (Å²) < 4.78 is 0. The third kappa shape index (κ3) is 3.65. The number of nitrogens with one attached hydrogen (secondary N) is 1. The topological polar surface area (TPSA) is 15.3 Å². The number of nitrogens with zero attached hydrogens (tertiary/aromatic N) is 1. The van der Waals surface area contributed by atoms with Gasteiger partial charge in [0.1, 0.15) is 0 Å². The lowest BCUT2D eigenvalue weighted by molar-refractivity contribution is 0.0532. The second-order valence-electron chi connectivity index (χ2n) is 4.92. The average Bonchev–Trinajstić information content (AvgIpc) is 2.24. The van der Waals surface area contributed by atoms with Gasteiger partial charge in [-0.15, -0.1) is 0 Å². The SMILES string of the molecule is CCC1(C)CNC(C)CN1CCCSC. The highest BCUT2D eigenvalue weighted by Gasteiger charge is 2.34. The third-order valence-electron chi connectivity index (χ3n) is 3.63. The summed E-state index contributed by atoms with van der Waals surface area (Å²) in [4.78, 5) is 2.68. The van der Waals surface area contributed by atoms with Crippen LogP contribution in [0.15, 0.2) is 0 Å². The van der Waals surface area contributed by atoms with Crippen molar-refractivity contribution >= 4 is 11.8 Å². The van der Waals surface area contributed by atoms with Gasteiger partial charge in [-0.25, -0.2) is 0 Å². The van der Waals surface area contributed by atoms with Gasteiger partial charge in [-0.2, -0.15) is 11.8 Å². The van der Waals surface area contributed by atoms with Gasteiger partial charge >= 0.3 is 0 Å². The maximum atomic E-state index is 3.60. The van der Waals surface area contributed by atoms with Crippen LogP contribution < -0.4 is 5.32 Å². The molecular weight excluding hydrogens is 204 g/mol. The molecule has 1 rings (SSSR count). The van der Waals surface area contributed by atoms with Crippen molar-refractivity contribution < 1.29 is 0 Å². The molecule has 2 atom stereocenters. The van der Waals surface area contributed by atoms with Crippen LogP contribution in [0.25, 0.3) is 0 Å². The van der Waals surface area contributed by atoms with E-state index in [9.17, 15) is 0 Å². The van der Waals surface area contributed by atoms with Crippen molar-refractivity contribution in [3.63, 3.8) is 0 Å². The monoisotopic (exact) mass is 230 g/mol. The molecule has 90 valence electrons. The van der Waals surface area contributed by atoms with E-state index in [1.54, 1.807) is 0 Å². The Bertz CT molecular complexity index is 186. The van der Waals surface area contributed by atoms with E-state index in [1.807, 2.05) is 11.8 Å². The van der Waals surface area contributed by atoms with Crippen molar-refractivity contribution in [1.29, 1.82) is 0 Å². The Balaban J connectivity index is 2.47. The molecule has 0 aromatic heterocycles. The summed E-state index contributed by atoms with van der Waals surface area (Å²) >= 11 is 1.96. The van der Waals surface area contributed by atoms with E-state index < -0.39 is 0 Å². The van der Waals surface area contributed by atoms with Gasteiger partial charge < -0.3 is 5.32 Å². The number of rotatable bonds is 5. The Labute approximate surface area is 99.2 Å². The van der Waals surface area contributed by atoms with E-state index in [1.165, 1.54) is 31.7 Å². The number of hydrogen-bond donors (Lipinski definition) is 1. The fraction of sp³-hybridized carbons (Fsp3) is 1.00. The Morgan fingerprint density at radius 2 is 2.27 bits per heavy atom. The average molecular weight is 230 g/mol. The summed E-state index contributed by atoms with van der Waals surface area (Å²) in [5, 5.41) is 3.60. The van der Waals surface area contributed by atoms with Gasteiger partial charge in [-0.3, -0.25) is 4.90 Å². The normalized spacial score (nSPS) is 33.2. The first-order valence-corrected chi connectivity index (χ1v) is 7.49. The maximum absolute atomic E-state index is 3.60. The Morgan fingerprint density at radius 1 is 1.53 bits per heavy atom. The van der Waals surface area contributed by atoms with E-state index in [-0.39, 0.29) is 0 Å². The van der Waals surface area contributed by atoms with E-state index in [0.717, 1.165) is 6.54 Å². The van der Waals surface area contributed by atoms with Gasteiger partial charge in [0.15, 0.2) is 0 Å². The lowest BCUT2D eigenvalue weighted by Crippen LogP contribution is -2.62. The van der Waals surface area contributed by atoms with Crippen LogP contribution in [-0.2, 0) is 0 Å². The van der Waals surface area contributed by atoms with Crippen LogP contribution in [0.5, 0.6) is 0 Å². The van der Waals surface area contributed by atoms with Crippen LogP contribution in [0.4, 0.5) is 0 Å². The number of hydrogen-bond acceptors (Lipinski definition) is 3. The van der Waals surface area contributed by atoms with E-state index >= 15 is 0 Å². The van der Waals surface area contributed by atoms with Crippen LogP contribution >= 0.6 is 11.8 Å². The fourth-order valence-electron chi connectivity index (χ4n) is 2.23. The van der Waals surface area contributed by atoms with Crippen molar-refractivity contribution in [2.45, 2.75) is 45.2 Å². The molecule has 0 aliphatic carbocycles. The molecule has 2 unspecified atom stereocenters. The van der Waals surface area contributed by atoms with Gasteiger partial charge in [-0.05, 0) is 45.2 Å². The van der Waals surface area contributed by atoms with Gasteiger partial charge in [-0.1, -0.05) is 6.92 Å². The molecule has 3 heteroatoms. The Kier molecular flexibility index (Phi) is 5.44. The van der Waals surface area contributed by atoms with E-state index in [4.69, 9.17) is 0 Å². The third-order valence-corrected chi connectivity index (χ3v) is 4.32. The molecule has 1 aliphatic heterocycles. The summed E-state index contributed by atoms with van der Waals surface area (Å²) in [6, 6.07) is 0.652. The highest BCUT2D eigenvalue weighted by molar-refractivity contribution is 7.98. The van der Waals surface area contributed by atoms with E-state index in [2.05, 4.69) is 37.2 Å². The standard InChI is InChI=1S/C12H26N2S/c1-5-12(3)10-13-11(2)9-14(12)7-6-8-15-4/h11,13H,5-10H2,1-4H3. The minimum Gasteiger partial charge on any atom is -0.311 e. The van der Waals surface area contributed by atoms with Gasteiger partial charge in [0.25, 0.3) is 0 Å². The Hall–Kier alpha value is 0.270. The quantitative estimate of drug-likeness (QED) is 0.729. The van der Waals surface area contributed by atoms with Gasteiger partial charge in [0.05, 0.1) is 0 Å². The van der Waals surface area contributed by atoms with Gasteiger partial charge in [0, 0.05) is 24.7 Å². The summed E-state index contributed by atoms with van der Waals surface area (Å²) in [6.45, 7) is 10.6. The first kappa shape index (κ1) is 13.3. The van der Waals surface area contributed by atoms with Crippen molar-refractivity contribution in [1.82, 2.24) is 10.2 Å². The van der Waals surface area contributed by atoms with Crippen LogP contribution in [-0.4, -0.2) is 48.1 Å². The molecule has 1 heterocycles.